The minimum Gasteiger partial charge on any atom is -0.336 e. The van der Waals surface area contributed by atoms with Crippen molar-refractivity contribution >= 4 is 23.6 Å². The van der Waals surface area contributed by atoms with E-state index in [1.807, 2.05) is 48.5 Å². The van der Waals surface area contributed by atoms with Gasteiger partial charge >= 0.3 is 0 Å². The highest BCUT2D eigenvalue weighted by molar-refractivity contribution is 6.06. The van der Waals surface area contributed by atoms with Crippen molar-refractivity contribution in [2.24, 2.45) is 0 Å². The van der Waals surface area contributed by atoms with Crippen LogP contribution in [0.15, 0.2) is 54.6 Å². The predicted molar refractivity (Wildman–Crippen MR) is 96.6 cm³/mol. The Kier molecular flexibility index (Phi) is 4.49. The third-order valence-corrected chi connectivity index (χ3v) is 4.63. The first-order valence-electron chi connectivity index (χ1n) is 8.54. The molecule has 2 aromatic rings. The Morgan fingerprint density at radius 2 is 1.85 bits per heavy atom. The third-order valence-electron chi connectivity index (χ3n) is 4.63. The van der Waals surface area contributed by atoms with Crippen LogP contribution in [0.5, 0.6) is 0 Å². The number of rotatable bonds is 4. The van der Waals surface area contributed by atoms with Crippen molar-refractivity contribution in [1.29, 1.82) is 0 Å². The summed E-state index contributed by atoms with van der Waals surface area (Å²) >= 11 is 0. The number of carbonyl (C=O) groups is 2. The standard InChI is InChI=1S/C20H18N2O5/c23-18(21-25)10-9-14-5-7-15(8-6-14)13-22-17-4-2-1-3-16(17)20(19(22)24)26-11-12-27-20/h1-10,25H,11-13H2,(H,21,23)/b10-9+. The number of nitrogens with one attached hydrogen (secondary N) is 1. The number of ether oxygens (including phenoxy) is 2. The van der Waals surface area contributed by atoms with Crippen LogP contribution in [0, 0.1) is 0 Å². The van der Waals surface area contributed by atoms with Gasteiger partial charge in [-0.25, -0.2) is 5.48 Å². The van der Waals surface area contributed by atoms with Gasteiger partial charge in [-0.2, -0.15) is 0 Å². The van der Waals surface area contributed by atoms with Crippen LogP contribution >= 0.6 is 0 Å². The Balaban J connectivity index is 1.57. The zero-order valence-electron chi connectivity index (χ0n) is 14.4. The maximum Gasteiger partial charge on any atom is 0.292 e. The highest BCUT2D eigenvalue weighted by Gasteiger charge is 2.55. The fraction of sp³-hybridized carbons (Fsp3) is 0.200. The molecule has 2 aliphatic heterocycles. The summed E-state index contributed by atoms with van der Waals surface area (Å²) in [6, 6.07) is 14.9. The number of nitrogens with zero attached hydrogens (tertiary/aromatic N) is 1. The maximum absolute atomic E-state index is 13.1. The van der Waals surface area contributed by atoms with Crippen molar-refractivity contribution in [3.63, 3.8) is 0 Å². The van der Waals surface area contributed by atoms with E-state index in [2.05, 4.69) is 0 Å². The van der Waals surface area contributed by atoms with E-state index in [1.165, 1.54) is 11.6 Å². The van der Waals surface area contributed by atoms with Crippen molar-refractivity contribution in [2.45, 2.75) is 12.3 Å². The molecule has 2 N–H and O–H groups in total. The Morgan fingerprint density at radius 1 is 1.15 bits per heavy atom. The average Bonchev–Trinajstić information content (AvgIpc) is 3.29. The second kappa shape index (κ2) is 6.96. The van der Waals surface area contributed by atoms with E-state index in [4.69, 9.17) is 14.7 Å². The summed E-state index contributed by atoms with van der Waals surface area (Å²) in [5.74, 6) is -2.14. The Morgan fingerprint density at radius 3 is 2.56 bits per heavy atom. The van der Waals surface area contributed by atoms with Gasteiger partial charge in [0.2, 0.25) is 0 Å². The second-order valence-corrected chi connectivity index (χ2v) is 6.27. The molecule has 2 aliphatic rings. The van der Waals surface area contributed by atoms with Gasteiger partial charge in [0.05, 0.1) is 25.4 Å². The van der Waals surface area contributed by atoms with Crippen molar-refractivity contribution in [2.75, 3.05) is 18.1 Å². The predicted octanol–water partition coefficient (Wildman–Crippen LogP) is 1.95. The number of anilines is 1. The van der Waals surface area contributed by atoms with Gasteiger partial charge in [0.1, 0.15) is 0 Å². The van der Waals surface area contributed by atoms with Crippen LogP contribution in [0.2, 0.25) is 0 Å². The third kappa shape index (κ3) is 3.02. The quantitative estimate of drug-likeness (QED) is 0.491. The highest BCUT2D eigenvalue weighted by Crippen LogP contribution is 2.46. The van der Waals surface area contributed by atoms with Gasteiger partial charge in [-0.3, -0.25) is 14.8 Å². The fourth-order valence-corrected chi connectivity index (χ4v) is 3.36. The largest absolute Gasteiger partial charge is 0.336 e. The molecule has 0 atom stereocenters. The molecule has 2 heterocycles. The van der Waals surface area contributed by atoms with Crippen LogP contribution in [0.3, 0.4) is 0 Å². The molecule has 0 saturated carbocycles. The first-order chi connectivity index (χ1) is 13.1. The summed E-state index contributed by atoms with van der Waals surface area (Å²) in [6.45, 7) is 1.15. The van der Waals surface area contributed by atoms with Crippen molar-refractivity contribution in [3.05, 3.63) is 71.3 Å². The van der Waals surface area contributed by atoms with E-state index in [1.54, 1.807) is 11.0 Å². The molecule has 0 radical (unpaired) electrons. The van der Waals surface area contributed by atoms with E-state index < -0.39 is 11.7 Å². The van der Waals surface area contributed by atoms with Crippen molar-refractivity contribution in [3.8, 4) is 0 Å². The second-order valence-electron chi connectivity index (χ2n) is 6.27. The topological polar surface area (TPSA) is 88.1 Å². The molecule has 0 unspecified atom stereocenters. The molecule has 7 nitrogen and oxygen atoms in total. The van der Waals surface area contributed by atoms with Gasteiger partial charge in [0.25, 0.3) is 17.6 Å². The fourth-order valence-electron chi connectivity index (χ4n) is 3.36. The number of hydroxylamine groups is 1. The molecule has 1 saturated heterocycles. The summed E-state index contributed by atoms with van der Waals surface area (Å²) in [4.78, 5) is 25.8. The van der Waals surface area contributed by atoms with Crippen molar-refractivity contribution in [1.82, 2.24) is 5.48 Å². The molecule has 1 fully saturated rings. The molecule has 0 bridgehead atoms. The van der Waals surface area contributed by atoms with Crippen LogP contribution in [0.25, 0.3) is 6.08 Å². The number of hydrogen-bond donors (Lipinski definition) is 2. The summed E-state index contributed by atoms with van der Waals surface area (Å²) in [5.41, 5.74) is 4.79. The number of hydrogen-bond acceptors (Lipinski definition) is 5. The van der Waals surface area contributed by atoms with Crippen LogP contribution in [-0.4, -0.2) is 30.2 Å². The summed E-state index contributed by atoms with van der Waals surface area (Å²) in [6.07, 6.45) is 2.81. The number of benzene rings is 2. The number of carbonyl (C=O) groups excluding carboxylic acids is 2. The summed E-state index contributed by atoms with van der Waals surface area (Å²) in [7, 11) is 0. The minimum absolute atomic E-state index is 0.218. The van der Waals surface area contributed by atoms with Crippen LogP contribution in [0.4, 0.5) is 5.69 Å². The van der Waals surface area contributed by atoms with Gasteiger partial charge in [-0.1, -0.05) is 42.5 Å². The Hall–Kier alpha value is -3.00. The molecule has 0 aromatic heterocycles. The molecular weight excluding hydrogens is 348 g/mol. The van der Waals surface area contributed by atoms with Gasteiger partial charge in [-0.05, 0) is 23.3 Å². The summed E-state index contributed by atoms with van der Waals surface area (Å²) < 4.78 is 11.4. The minimum atomic E-state index is -1.32. The van der Waals surface area contributed by atoms with Crippen LogP contribution in [0.1, 0.15) is 16.7 Å². The lowest BCUT2D eigenvalue weighted by atomic mass is 10.1. The normalized spacial score (nSPS) is 17.7. The van der Waals surface area contributed by atoms with E-state index in [0.29, 0.717) is 19.8 Å². The number of para-hydroxylation sites is 1. The van der Waals surface area contributed by atoms with Gasteiger partial charge < -0.3 is 14.4 Å². The zero-order chi connectivity index (χ0) is 18.9. The number of fused-ring (bicyclic) bond motifs is 2. The molecule has 2 amide bonds. The monoisotopic (exact) mass is 366 g/mol. The molecular formula is C20H18N2O5. The van der Waals surface area contributed by atoms with Gasteiger partial charge in [-0.15, -0.1) is 0 Å². The number of amides is 2. The lowest BCUT2D eigenvalue weighted by Crippen LogP contribution is -2.40. The molecule has 27 heavy (non-hydrogen) atoms. The Bertz CT molecular complexity index is 901. The molecule has 138 valence electrons. The average molecular weight is 366 g/mol. The molecule has 0 aliphatic carbocycles. The van der Waals surface area contributed by atoms with E-state index in [-0.39, 0.29) is 5.91 Å². The lowest BCUT2D eigenvalue weighted by molar-refractivity contribution is -0.180. The molecule has 7 heteroatoms. The Labute approximate surface area is 155 Å². The molecule has 4 rings (SSSR count). The van der Waals surface area contributed by atoms with Crippen molar-refractivity contribution < 1.29 is 24.3 Å². The SMILES string of the molecule is O=C(/C=C/c1ccc(CN2C(=O)C3(OCCO3)c3ccccc32)cc1)NO. The van der Waals surface area contributed by atoms with E-state index >= 15 is 0 Å². The molecule has 2 aromatic carbocycles. The molecule has 1 spiro atoms. The maximum atomic E-state index is 13.1. The summed E-state index contributed by atoms with van der Waals surface area (Å²) in [5, 5.41) is 8.50. The van der Waals surface area contributed by atoms with E-state index in [9.17, 15) is 9.59 Å². The lowest BCUT2D eigenvalue weighted by Gasteiger charge is -2.22. The van der Waals surface area contributed by atoms with E-state index in [0.717, 1.165) is 22.4 Å². The van der Waals surface area contributed by atoms with Crippen LogP contribution < -0.4 is 10.4 Å². The smallest absolute Gasteiger partial charge is 0.292 e. The first kappa shape index (κ1) is 17.4. The highest BCUT2D eigenvalue weighted by atomic mass is 16.7. The van der Waals surface area contributed by atoms with Gasteiger partial charge in [0.15, 0.2) is 0 Å². The van der Waals surface area contributed by atoms with Gasteiger partial charge in [0, 0.05) is 11.6 Å². The zero-order valence-corrected chi connectivity index (χ0v) is 14.4. The first-order valence-corrected chi connectivity index (χ1v) is 8.54. The van der Waals surface area contributed by atoms with Crippen LogP contribution in [-0.2, 0) is 31.4 Å².